The molecule has 1 amide bonds. The van der Waals surface area contributed by atoms with Crippen molar-refractivity contribution >= 4 is 22.6 Å². The van der Waals surface area contributed by atoms with Crippen LogP contribution in [0.25, 0.3) is 11.0 Å². The van der Waals surface area contributed by atoms with Gasteiger partial charge >= 0.3 is 0 Å². The highest BCUT2D eigenvalue weighted by molar-refractivity contribution is 5.94. The summed E-state index contributed by atoms with van der Waals surface area (Å²) in [7, 11) is 0. The fourth-order valence-corrected chi connectivity index (χ4v) is 3.90. The lowest BCUT2D eigenvalue weighted by Crippen LogP contribution is -2.38. The third-order valence-electron chi connectivity index (χ3n) is 5.46. The lowest BCUT2D eigenvalue weighted by Gasteiger charge is -2.30. The summed E-state index contributed by atoms with van der Waals surface area (Å²) < 4.78 is 5.61. The Morgan fingerprint density at radius 1 is 1.24 bits per heavy atom. The van der Waals surface area contributed by atoms with Gasteiger partial charge in [0.2, 0.25) is 5.91 Å². The van der Waals surface area contributed by atoms with Gasteiger partial charge in [-0.25, -0.2) is 4.98 Å². The molecule has 1 saturated heterocycles. The number of fused-ring (bicyclic) bond motifs is 1. The van der Waals surface area contributed by atoms with Gasteiger partial charge in [0.15, 0.2) is 0 Å². The molecule has 1 aromatic heterocycles. The average molecular weight is 393 g/mol. The Morgan fingerprint density at radius 2 is 2.03 bits per heavy atom. The number of amides is 1. The number of aromatic amines is 1. The molecule has 6 nitrogen and oxygen atoms in total. The molecule has 29 heavy (non-hydrogen) atoms. The minimum Gasteiger partial charge on any atom is -0.492 e. The quantitative estimate of drug-likeness (QED) is 0.662. The Morgan fingerprint density at radius 3 is 2.83 bits per heavy atom. The summed E-state index contributed by atoms with van der Waals surface area (Å²) in [6.45, 7) is 7.17. The van der Waals surface area contributed by atoms with Crippen LogP contribution in [0.3, 0.4) is 0 Å². The second kappa shape index (κ2) is 8.66. The van der Waals surface area contributed by atoms with Crippen LogP contribution in [0, 0.1) is 12.8 Å². The summed E-state index contributed by atoms with van der Waals surface area (Å²) in [5.74, 6) is 1.82. The predicted molar refractivity (Wildman–Crippen MR) is 115 cm³/mol. The van der Waals surface area contributed by atoms with Gasteiger partial charge in [0.05, 0.1) is 29.9 Å². The van der Waals surface area contributed by atoms with Gasteiger partial charge in [-0.1, -0.05) is 18.2 Å². The first-order valence-corrected chi connectivity index (χ1v) is 10.3. The zero-order chi connectivity index (χ0) is 20.2. The van der Waals surface area contributed by atoms with Crippen molar-refractivity contribution in [2.75, 3.05) is 25.0 Å². The molecule has 4 rings (SSSR count). The van der Waals surface area contributed by atoms with Crippen LogP contribution in [0.1, 0.15) is 31.2 Å². The van der Waals surface area contributed by atoms with Crippen LogP contribution in [0.4, 0.5) is 5.69 Å². The number of anilines is 1. The van der Waals surface area contributed by atoms with Crippen LogP contribution in [0.2, 0.25) is 0 Å². The lowest BCUT2D eigenvalue weighted by molar-refractivity contribution is -0.121. The smallest absolute Gasteiger partial charge is 0.227 e. The number of H-pyrrole nitrogens is 1. The van der Waals surface area contributed by atoms with E-state index < -0.39 is 0 Å². The number of para-hydroxylation sites is 2. The molecule has 0 spiro atoms. The summed E-state index contributed by atoms with van der Waals surface area (Å²) in [6.07, 6.45) is 1.70. The number of imidazole rings is 1. The van der Waals surface area contributed by atoms with Crippen molar-refractivity contribution in [1.82, 2.24) is 14.9 Å². The third-order valence-corrected chi connectivity index (χ3v) is 5.46. The monoisotopic (exact) mass is 392 g/mol. The van der Waals surface area contributed by atoms with Gasteiger partial charge in [0, 0.05) is 5.92 Å². The minimum absolute atomic E-state index is 0.0271. The van der Waals surface area contributed by atoms with E-state index in [2.05, 4.69) is 40.3 Å². The molecular weight excluding hydrogens is 364 g/mol. The number of aryl methyl sites for hydroxylation is 1. The number of ether oxygens (including phenoxy) is 1. The number of piperidine rings is 1. The molecule has 6 heteroatoms. The van der Waals surface area contributed by atoms with Gasteiger partial charge < -0.3 is 15.0 Å². The molecule has 0 atom stereocenters. The number of hydrogen-bond donors (Lipinski definition) is 2. The molecule has 0 aliphatic carbocycles. The molecule has 152 valence electrons. The molecule has 1 aliphatic rings. The van der Waals surface area contributed by atoms with Crippen LogP contribution in [-0.2, 0) is 11.3 Å². The number of rotatable bonds is 6. The fraction of sp³-hybridized carbons (Fsp3) is 0.391. The van der Waals surface area contributed by atoms with Crippen LogP contribution in [0.15, 0.2) is 42.5 Å². The van der Waals surface area contributed by atoms with Gasteiger partial charge in [0.1, 0.15) is 11.6 Å². The maximum atomic E-state index is 12.7. The van der Waals surface area contributed by atoms with Crippen LogP contribution in [-0.4, -0.2) is 40.5 Å². The maximum Gasteiger partial charge on any atom is 0.227 e. The first-order valence-electron chi connectivity index (χ1n) is 10.3. The van der Waals surface area contributed by atoms with Crippen molar-refractivity contribution in [3.8, 4) is 5.75 Å². The summed E-state index contributed by atoms with van der Waals surface area (Å²) in [4.78, 5) is 23.2. The van der Waals surface area contributed by atoms with E-state index in [0.29, 0.717) is 6.61 Å². The molecule has 1 fully saturated rings. The van der Waals surface area contributed by atoms with E-state index in [1.54, 1.807) is 0 Å². The van der Waals surface area contributed by atoms with Gasteiger partial charge in [-0.15, -0.1) is 0 Å². The Labute approximate surface area is 171 Å². The lowest BCUT2D eigenvalue weighted by atomic mass is 9.95. The van der Waals surface area contributed by atoms with Crippen molar-refractivity contribution in [1.29, 1.82) is 0 Å². The molecule has 2 heterocycles. The summed E-state index contributed by atoms with van der Waals surface area (Å²) >= 11 is 0. The van der Waals surface area contributed by atoms with Gasteiger partial charge in [-0.3, -0.25) is 9.69 Å². The number of hydrogen-bond acceptors (Lipinski definition) is 4. The zero-order valence-corrected chi connectivity index (χ0v) is 17.1. The topological polar surface area (TPSA) is 70.2 Å². The molecule has 2 aromatic carbocycles. The molecule has 3 aromatic rings. The second-order valence-corrected chi connectivity index (χ2v) is 7.67. The van der Waals surface area contributed by atoms with E-state index in [4.69, 9.17) is 9.72 Å². The van der Waals surface area contributed by atoms with Crippen LogP contribution in [0.5, 0.6) is 5.75 Å². The summed E-state index contributed by atoms with van der Waals surface area (Å²) in [6, 6.07) is 13.9. The van der Waals surface area contributed by atoms with E-state index in [-0.39, 0.29) is 11.8 Å². The SMILES string of the molecule is CCOc1ccccc1NC(=O)C1CCN(Cc2nc3ccc(C)cc3[nH]2)CC1. The first-order chi connectivity index (χ1) is 14.1. The predicted octanol–water partition coefficient (Wildman–Crippen LogP) is 4.12. The number of likely N-dealkylation sites (tertiary alicyclic amines) is 1. The van der Waals surface area contributed by atoms with Crippen molar-refractivity contribution in [3.63, 3.8) is 0 Å². The largest absolute Gasteiger partial charge is 0.492 e. The number of benzene rings is 2. The minimum atomic E-state index is 0.0271. The number of aromatic nitrogens is 2. The average Bonchev–Trinajstić information content (AvgIpc) is 3.11. The Kier molecular flexibility index (Phi) is 5.81. The number of nitrogens with zero attached hydrogens (tertiary/aromatic N) is 2. The second-order valence-electron chi connectivity index (χ2n) is 7.67. The van der Waals surface area contributed by atoms with Crippen LogP contribution < -0.4 is 10.1 Å². The first kappa shape index (κ1) is 19.5. The molecular formula is C23H28N4O2. The molecule has 1 aliphatic heterocycles. The van der Waals surface area contributed by atoms with Crippen molar-refractivity contribution in [2.45, 2.75) is 33.2 Å². The van der Waals surface area contributed by atoms with Gasteiger partial charge in [-0.05, 0) is 69.6 Å². The number of carbonyl (C=O) groups is 1. The van der Waals surface area contributed by atoms with Crippen molar-refractivity contribution < 1.29 is 9.53 Å². The molecule has 0 radical (unpaired) electrons. The highest BCUT2D eigenvalue weighted by Gasteiger charge is 2.26. The van der Waals surface area contributed by atoms with Crippen LogP contribution >= 0.6 is 0 Å². The Balaban J connectivity index is 1.32. The normalized spacial score (nSPS) is 15.5. The van der Waals surface area contributed by atoms with Gasteiger partial charge in [-0.2, -0.15) is 0 Å². The molecule has 2 N–H and O–H groups in total. The van der Waals surface area contributed by atoms with E-state index in [1.807, 2.05) is 31.2 Å². The standard InChI is InChI=1S/C23H28N4O2/c1-3-29-21-7-5-4-6-19(21)26-23(28)17-10-12-27(13-11-17)15-22-24-18-9-8-16(2)14-20(18)25-22/h4-9,14,17H,3,10-13,15H2,1-2H3,(H,24,25)(H,26,28). The summed E-state index contributed by atoms with van der Waals surface area (Å²) in [5, 5.41) is 3.05. The van der Waals surface area contributed by atoms with E-state index in [9.17, 15) is 4.79 Å². The Hall–Kier alpha value is -2.86. The fourth-order valence-electron chi connectivity index (χ4n) is 3.90. The van der Waals surface area contributed by atoms with E-state index in [0.717, 1.165) is 60.8 Å². The Bertz CT molecular complexity index is 989. The van der Waals surface area contributed by atoms with Crippen molar-refractivity contribution in [3.05, 3.63) is 53.9 Å². The number of carbonyl (C=O) groups excluding carboxylic acids is 1. The van der Waals surface area contributed by atoms with E-state index >= 15 is 0 Å². The molecule has 0 bridgehead atoms. The van der Waals surface area contributed by atoms with E-state index in [1.165, 1.54) is 5.56 Å². The zero-order valence-electron chi connectivity index (χ0n) is 17.1. The summed E-state index contributed by atoms with van der Waals surface area (Å²) in [5.41, 5.74) is 4.07. The number of nitrogens with one attached hydrogen (secondary N) is 2. The van der Waals surface area contributed by atoms with Crippen molar-refractivity contribution in [2.24, 2.45) is 5.92 Å². The third kappa shape index (κ3) is 4.59. The highest BCUT2D eigenvalue weighted by atomic mass is 16.5. The molecule has 0 unspecified atom stereocenters. The van der Waals surface area contributed by atoms with Gasteiger partial charge in [0.25, 0.3) is 0 Å². The maximum absolute atomic E-state index is 12.7. The molecule has 0 saturated carbocycles. The highest BCUT2D eigenvalue weighted by Crippen LogP contribution is 2.26.